The second kappa shape index (κ2) is 5.21. The van der Waals surface area contributed by atoms with Crippen molar-refractivity contribution in [2.45, 2.75) is 32.3 Å². The Kier molecular flexibility index (Phi) is 3.65. The summed E-state index contributed by atoms with van der Waals surface area (Å²) in [5, 5.41) is 0. The third-order valence-corrected chi connectivity index (χ3v) is 3.07. The van der Waals surface area contributed by atoms with Gasteiger partial charge in [-0.1, -0.05) is 0 Å². The van der Waals surface area contributed by atoms with Gasteiger partial charge < -0.3 is 9.47 Å². The van der Waals surface area contributed by atoms with Crippen molar-refractivity contribution in [1.82, 2.24) is 0 Å². The molecule has 96 valence electrons. The first-order valence-corrected chi connectivity index (χ1v) is 6.02. The van der Waals surface area contributed by atoms with Crippen molar-refractivity contribution in [2.24, 2.45) is 0 Å². The van der Waals surface area contributed by atoms with Crippen LogP contribution in [0.15, 0.2) is 18.2 Å². The van der Waals surface area contributed by atoms with Gasteiger partial charge in [-0.2, -0.15) is 0 Å². The van der Waals surface area contributed by atoms with E-state index >= 15 is 0 Å². The Labute approximate surface area is 106 Å². The lowest BCUT2D eigenvalue weighted by Gasteiger charge is -2.17. The number of carbonyl (C=O) groups excluding carboxylic acids is 2. The average molecular weight is 248 g/mol. The summed E-state index contributed by atoms with van der Waals surface area (Å²) in [6.45, 7) is 1.64. The Balaban J connectivity index is 2.16. The molecule has 0 fully saturated rings. The van der Waals surface area contributed by atoms with Crippen LogP contribution in [-0.4, -0.2) is 25.0 Å². The molecule has 0 amide bonds. The van der Waals surface area contributed by atoms with Gasteiger partial charge in [0.05, 0.1) is 7.11 Å². The first kappa shape index (κ1) is 12.6. The predicted molar refractivity (Wildman–Crippen MR) is 65.8 cm³/mol. The summed E-state index contributed by atoms with van der Waals surface area (Å²) < 4.78 is 10.1. The average Bonchev–Trinajstić information content (AvgIpc) is 2.38. The fourth-order valence-corrected chi connectivity index (χ4v) is 2.11. The third-order valence-electron chi connectivity index (χ3n) is 3.07. The SMILES string of the molecule is COC(=O)[C@@H](C)Oc1ccc2c(c1)CCCC2=O. The minimum absolute atomic E-state index is 0.184. The minimum atomic E-state index is -0.646. The molecule has 0 bridgehead atoms. The number of ketones is 1. The number of benzene rings is 1. The molecule has 0 aromatic heterocycles. The van der Waals surface area contributed by atoms with E-state index in [1.807, 2.05) is 6.07 Å². The highest BCUT2D eigenvalue weighted by atomic mass is 16.6. The van der Waals surface area contributed by atoms with Gasteiger partial charge in [0.15, 0.2) is 11.9 Å². The van der Waals surface area contributed by atoms with Crippen LogP contribution in [0, 0.1) is 0 Å². The van der Waals surface area contributed by atoms with Crippen molar-refractivity contribution >= 4 is 11.8 Å². The highest BCUT2D eigenvalue weighted by molar-refractivity contribution is 5.98. The number of rotatable bonds is 3. The molecule has 0 aliphatic heterocycles. The summed E-state index contributed by atoms with van der Waals surface area (Å²) in [6, 6.07) is 5.34. The maximum atomic E-state index is 11.7. The number of ether oxygens (including phenoxy) is 2. The summed E-state index contributed by atoms with van der Waals surface area (Å²) in [4.78, 5) is 22.9. The van der Waals surface area contributed by atoms with Crippen LogP contribution in [0.5, 0.6) is 5.75 Å². The van der Waals surface area contributed by atoms with Crippen molar-refractivity contribution in [2.75, 3.05) is 7.11 Å². The van der Waals surface area contributed by atoms with Crippen LogP contribution in [-0.2, 0) is 16.0 Å². The van der Waals surface area contributed by atoms with Crippen LogP contribution < -0.4 is 4.74 Å². The van der Waals surface area contributed by atoms with Crippen molar-refractivity contribution in [1.29, 1.82) is 0 Å². The van der Waals surface area contributed by atoms with Gasteiger partial charge in [0.25, 0.3) is 0 Å². The molecule has 0 unspecified atom stereocenters. The van der Waals surface area contributed by atoms with E-state index in [0.29, 0.717) is 12.2 Å². The fourth-order valence-electron chi connectivity index (χ4n) is 2.11. The lowest BCUT2D eigenvalue weighted by atomic mass is 9.90. The molecule has 0 N–H and O–H groups in total. The van der Waals surface area contributed by atoms with Crippen LogP contribution in [0.25, 0.3) is 0 Å². The third kappa shape index (κ3) is 2.53. The van der Waals surface area contributed by atoms with E-state index in [-0.39, 0.29) is 5.78 Å². The maximum absolute atomic E-state index is 11.7. The van der Waals surface area contributed by atoms with Gasteiger partial charge in [0, 0.05) is 12.0 Å². The van der Waals surface area contributed by atoms with E-state index < -0.39 is 12.1 Å². The van der Waals surface area contributed by atoms with Crippen molar-refractivity contribution < 1.29 is 19.1 Å². The van der Waals surface area contributed by atoms with E-state index in [2.05, 4.69) is 4.74 Å². The predicted octanol–water partition coefficient (Wildman–Crippen LogP) is 2.15. The van der Waals surface area contributed by atoms with Crippen LogP contribution in [0.4, 0.5) is 0 Å². The zero-order chi connectivity index (χ0) is 13.1. The second-order valence-corrected chi connectivity index (χ2v) is 4.38. The van der Waals surface area contributed by atoms with Gasteiger partial charge in [-0.3, -0.25) is 4.79 Å². The Morgan fingerprint density at radius 3 is 2.83 bits per heavy atom. The zero-order valence-corrected chi connectivity index (χ0v) is 10.6. The van der Waals surface area contributed by atoms with Crippen LogP contribution in [0.1, 0.15) is 35.7 Å². The summed E-state index contributed by atoms with van der Waals surface area (Å²) in [6.07, 6.45) is 1.73. The number of methoxy groups -OCH3 is 1. The molecule has 18 heavy (non-hydrogen) atoms. The normalized spacial score (nSPS) is 15.8. The largest absolute Gasteiger partial charge is 0.479 e. The molecule has 1 aromatic carbocycles. The van der Waals surface area contributed by atoms with Gasteiger partial charge in [0.1, 0.15) is 5.75 Å². The Hall–Kier alpha value is -1.84. The van der Waals surface area contributed by atoms with Crippen molar-refractivity contribution in [3.63, 3.8) is 0 Å². The van der Waals surface area contributed by atoms with Gasteiger partial charge in [-0.25, -0.2) is 4.79 Å². The molecular weight excluding hydrogens is 232 g/mol. The lowest BCUT2D eigenvalue weighted by molar-refractivity contribution is -0.147. The van der Waals surface area contributed by atoms with Crippen LogP contribution in [0.3, 0.4) is 0 Å². The molecule has 1 aromatic rings. The van der Waals surface area contributed by atoms with Gasteiger partial charge in [0.2, 0.25) is 0 Å². The molecule has 1 aliphatic carbocycles. The Bertz CT molecular complexity index is 479. The van der Waals surface area contributed by atoms with E-state index in [9.17, 15) is 9.59 Å². The summed E-state index contributed by atoms with van der Waals surface area (Å²) in [5.41, 5.74) is 1.78. The number of hydrogen-bond donors (Lipinski definition) is 0. The number of carbonyl (C=O) groups is 2. The molecule has 4 heteroatoms. The van der Waals surface area contributed by atoms with Gasteiger partial charge >= 0.3 is 5.97 Å². The highest BCUT2D eigenvalue weighted by Crippen LogP contribution is 2.25. The quantitative estimate of drug-likeness (QED) is 0.769. The molecule has 4 nitrogen and oxygen atoms in total. The number of aryl methyl sites for hydroxylation is 1. The first-order valence-electron chi connectivity index (χ1n) is 6.02. The van der Waals surface area contributed by atoms with E-state index in [1.54, 1.807) is 19.1 Å². The smallest absolute Gasteiger partial charge is 0.346 e. The second-order valence-electron chi connectivity index (χ2n) is 4.38. The highest BCUT2D eigenvalue weighted by Gasteiger charge is 2.19. The molecule has 1 atom stereocenters. The molecule has 0 spiro atoms. The van der Waals surface area contributed by atoms with E-state index in [0.717, 1.165) is 24.0 Å². The molecule has 1 aliphatic rings. The standard InChI is InChI=1S/C14H16O4/c1-9(14(16)17-2)18-11-6-7-12-10(8-11)4-3-5-13(12)15/h6-9H,3-5H2,1-2H3/t9-/m1/s1. The Morgan fingerprint density at radius 2 is 2.11 bits per heavy atom. The molecule has 0 saturated heterocycles. The van der Waals surface area contributed by atoms with Crippen molar-refractivity contribution in [3.8, 4) is 5.75 Å². The van der Waals surface area contributed by atoms with Crippen LogP contribution >= 0.6 is 0 Å². The zero-order valence-electron chi connectivity index (χ0n) is 10.6. The van der Waals surface area contributed by atoms with E-state index in [4.69, 9.17) is 4.74 Å². The van der Waals surface area contributed by atoms with E-state index in [1.165, 1.54) is 7.11 Å². The molecule has 2 rings (SSSR count). The fraction of sp³-hybridized carbons (Fsp3) is 0.429. The summed E-state index contributed by atoms with van der Waals surface area (Å²) in [5.74, 6) is 0.369. The molecular formula is C14H16O4. The summed E-state index contributed by atoms with van der Waals surface area (Å²) in [7, 11) is 1.33. The topological polar surface area (TPSA) is 52.6 Å². The monoisotopic (exact) mass is 248 g/mol. The summed E-state index contributed by atoms with van der Waals surface area (Å²) >= 11 is 0. The number of hydrogen-bond acceptors (Lipinski definition) is 4. The number of esters is 1. The first-order chi connectivity index (χ1) is 8.61. The van der Waals surface area contributed by atoms with Gasteiger partial charge in [-0.05, 0) is 43.5 Å². The number of Topliss-reactive ketones (excluding diaryl/α,β-unsaturated/α-hetero) is 1. The maximum Gasteiger partial charge on any atom is 0.346 e. The van der Waals surface area contributed by atoms with Crippen molar-refractivity contribution in [3.05, 3.63) is 29.3 Å². The Morgan fingerprint density at radius 1 is 1.33 bits per heavy atom. The molecule has 0 radical (unpaired) electrons. The van der Waals surface area contributed by atoms with Gasteiger partial charge in [-0.15, -0.1) is 0 Å². The molecule has 0 heterocycles. The minimum Gasteiger partial charge on any atom is -0.479 e. The van der Waals surface area contributed by atoms with Crippen LogP contribution in [0.2, 0.25) is 0 Å². The molecule has 0 saturated carbocycles. The lowest BCUT2D eigenvalue weighted by Crippen LogP contribution is -2.25. The number of fused-ring (bicyclic) bond motifs is 1.